The van der Waals surface area contributed by atoms with Crippen LogP contribution in [0.3, 0.4) is 0 Å². The molecule has 0 aliphatic carbocycles. The molecular formula is C24H27N5O3S. The van der Waals surface area contributed by atoms with Crippen molar-refractivity contribution in [3.05, 3.63) is 59.9 Å². The quantitative estimate of drug-likeness (QED) is 0.579. The van der Waals surface area contributed by atoms with E-state index >= 15 is 0 Å². The Hall–Kier alpha value is -3.22. The van der Waals surface area contributed by atoms with Gasteiger partial charge < -0.3 is 10.3 Å². The van der Waals surface area contributed by atoms with E-state index in [4.69, 9.17) is 5.26 Å². The van der Waals surface area contributed by atoms with Gasteiger partial charge in [0.2, 0.25) is 15.9 Å². The van der Waals surface area contributed by atoms with Crippen molar-refractivity contribution in [3.8, 4) is 6.07 Å². The fraction of sp³-hybridized carbons (Fsp3) is 0.375. The molecule has 0 saturated carbocycles. The summed E-state index contributed by atoms with van der Waals surface area (Å²) >= 11 is 0. The number of amides is 1. The Morgan fingerprint density at radius 3 is 2.42 bits per heavy atom. The molecule has 8 nitrogen and oxygen atoms in total. The summed E-state index contributed by atoms with van der Waals surface area (Å²) in [5.41, 5.74) is 2.19. The smallest absolute Gasteiger partial charge is 0.243 e. The zero-order valence-corrected chi connectivity index (χ0v) is 19.5. The number of aromatic amines is 1. The number of H-pyrrole nitrogens is 1. The minimum Gasteiger partial charge on any atom is -0.346 e. The van der Waals surface area contributed by atoms with Gasteiger partial charge in [0.05, 0.1) is 33.6 Å². The summed E-state index contributed by atoms with van der Waals surface area (Å²) in [6.07, 6.45) is 0.901. The number of rotatable bonds is 6. The van der Waals surface area contributed by atoms with Gasteiger partial charge in [0.25, 0.3) is 0 Å². The minimum absolute atomic E-state index is 0.0791. The summed E-state index contributed by atoms with van der Waals surface area (Å²) in [4.78, 5) is 21.2. The molecule has 1 fully saturated rings. The van der Waals surface area contributed by atoms with E-state index in [1.54, 1.807) is 0 Å². The maximum Gasteiger partial charge on any atom is 0.243 e. The molecule has 2 heterocycles. The van der Waals surface area contributed by atoms with Crippen molar-refractivity contribution >= 4 is 27.0 Å². The molecule has 1 aliphatic rings. The molecule has 1 aliphatic heterocycles. The third kappa shape index (κ3) is 4.77. The van der Waals surface area contributed by atoms with Gasteiger partial charge in [0, 0.05) is 19.0 Å². The molecule has 2 N–H and O–H groups in total. The fourth-order valence-corrected chi connectivity index (χ4v) is 5.62. The molecule has 1 unspecified atom stereocenters. The van der Waals surface area contributed by atoms with Gasteiger partial charge in [-0.15, -0.1) is 0 Å². The molecule has 0 radical (unpaired) electrons. The summed E-state index contributed by atoms with van der Waals surface area (Å²) in [5, 5.41) is 12.0. The zero-order chi connectivity index (χ0) is 23.6. The van der Waals surface area contributed by atoms with Gasteiger partial charge >= 0.3 is 0 Å². The number of fused-ring (bicyclic) bond motifs is 1. The van der Waals surface area contributed by atoms with Crippen molar-refractivity contribution in [2.45, 2.75) is 37.6 Å². The Morgan fingerprint density at radius 2 is 1.82 bits per heavy atom. The molecule has 9 heteroatoms. The highest BCUT2D eigenvalue weighted by atomic mass is 32.2. The van der Waals surface area contributed by atoms with E-state index < -0.39 is 10.0 Å². The molecule has 1 amide bonds. The van der Waals surface area contributed by atoms with Gasteiger partial charge in [-0.3, -0.25) is 4.79 Å². The number of carbonyl (C=O) groups excluding carboxylic acids is 1. The molecule has 0 spiro atoms. The molecule has 172 valence electrons. The van der Waals surface area contributed by atoms with E-state index in [0.29, 0.717) is 18.4 Å². The number of nitrogens with zero attached hydrogens (tertiary/aromatic N) is 3. The van der Waals surface area contributed by atoms with Crippen molar-refractivity contribution in [2.24, 2.45) is 11.8 Å². The molecular weight excluding hydrogens is 438 g/mol. The first-order valence-electron chi connectivity index (χ1n) is 11.0. The van der Waals surface area contributed by atoms with Crippen molar-refractivity contribution < 1.29 is 13.2 Å². The average molecular weight is 466 g/mol. The van der Waals surface area contributed by atoms with Crippen molar-refractivity contribution in [3.63, 3.8) is 0 Å². The number of hydrogen-bond donors (Lipinski definition) is 2. The molecule has 33 heavy (non-hydrogen) atoms. The standard InChI is InChI=1S/C24H27N5O3S/c1-16(2)22(23-26-20-5-3-4-6-21(20)27-23)28-24(30)18-11-13-29(14-12-18)33(31,32)19-9-7-17(15-25)8-10-19/h3-10,16,18,22H,11-14H2,1-2H3,(H,26,27)(H,28,30). The van der Waals surface area contributed by atoms with Crippen LogP contribution in [0.25, 0.3) is 11.0 Å². The number of piperidine rings is 1. The highest BCUT2D eigenvalue weighted by Crippen LogP contribution is 2.27. The number of benzene rings is 2. The number of para-hydroxylation sites is 2. The lowest BCUT2D eigenvalue weighted by molar-refractivity contribution is -0.127. The van der Waals surface area contributed by atoms with E-state index in [1.165, 1.54) is 28.6 Å². The second-order valence-electron chi connectivity index (χ2n) is 8.68. The topological polar surface area (TPSA) is 119 Å². The maximum atomic E-state index is 13.0. The summed E-state index contributed by atoms with van der Waals surface area (Å²) in [5.74, 6) is 0.513. The third-order valence-corrected chi connectivity index (χ3v) is 8.03. The zero-order valence-electron chi connectivity index (χ0n) is 18.7. The molecule has 4 rings (SSSR count). The molecule has 3 aromatic rings. The normalized spacial score (nSPS) is 16.5. The minimum atomic E-state index is -3.65. The van der Waals surface area contributed by atoms with Crippen molar-refractivity contribution in [1.82, 2.24) is 19.6 Å². The number of nitriles is 1. The lowest BCUT2D eigenvalue weighted by Gasteiger charge is -2.31. The van der Waals surface area contributed by atoms with E-state index in [9.17, 15) is 13.2 Å². The van der Waals surface area contributed by atoms with Crippen LogP contribution in [0.5, 0.6) is 0 Å². The molecule has 1 atom stereocenters. The van der Waals surface area contributed by atoms with Gasteiger partial charge in [0.15, 0.2) is 0 Å². The monoisotopic (exact) mass is 465 g/mol. The van der Waals surface area contributed by atoms with Crippen LogP contribution in [0, 0.1) is 23.2 Å². The van der Waals surface area contributed by atoms with Crippen LogP contribution in [-0.2, 0) is 14.8 Å². The first-order valence-corrected chi connectivity index (χ1v) is 12.5. The molecule has 1 saturated heterocycles. The van der Waals surface area contributed by atoms with Crippen LogP contribution in [0.2, 0.25) is 0 Å². The van der Waals surface area contributed by atoms with E-state index in [0.717, 1.165) is 16.9 Å². The number of hydrogen-bond acceptors (Lipinski definition) is 5. The van der Waals surface area contributed by atoms with Gasteiger partial charge in [-0.05, 0) is 55.2 Å². The van der Waals surface area contributed by atoms with E-state index in [1.807, 2.05) is 44.2 Å². The van der Waals surface area contributed by atoms with Crippen LogP contribution in [-0.4, -0.2) is 41.7 Å². The van der Waals surface area contributed by atoms with Crippen molar-refractivity contribution in [2.75, 3.05) is 13.1 Å². The van der Waals surface area contributed by atoms with E-state index in [-0.39, 0.29) is 41.8 Å². The molecule has 0 bridgehead atoms. The largest absolute Gasteiger partial charge is 0.346 e. The highest BCUT2D eigenvalue weighted by Gasteiger charge is 2.33. The number of carbonyl (C=O) groups is 1. The Kier molecular flexibility index (Phi) is 6.49. The number of sulfonamides is 1. The van der Waals surface area contributed by atoms with Gasteiger partial charge in [-0.2, -0.15) is 9.57 Å². The highest BCUT2D eigenvalue weighted by molar-refractivity contribution is 7.89. The van der Waals surface area contributed by atoms with Crippen LogP contribution in [0.1, 0.15) is 44.1 Å². The molecule has 1 aromatic heterocycles. The van der Waals surface area contributed by atoms with E-state index in [2.05, 4.69) is 15.3 Å². The fourth-order valence-electron chi connectivity index (χ4n) is 4.15. The Bertz CT molecular complexity index is 1250. The van der Waals surface area contributed by atoms with Crippen molar-refractivity contribution in [1.29, 1.82) is 5.26 Å². The summed E-state index contributed by atoms with van der Waals surface area (Å²) in [7, 11) is -3.65. The summed E-state index contributed by atoms with van der Waals surface area (Å²) in [6.45, 7) is 4.62. The lowest BCUT2D eigenvalue weighted by Crippen LogP contribution is -2.44. The van der Waals surface area contributed by atoms with Gasteiger partial charge in [-0.25, -0.2) is 13.4 Å². The van der Waals surface area contributed by atoms with Crippen LogP contribution < -0.4 is 5.32 Å². The second kappa shape index (κ2) is 9.33. The predicted octanol–water partition coefficient (Wildman–Crippen LogP) is 3.35. The number of nitrogens with one attached hydrogen (secondary N) is 2. The maximum absolute atomic E-state index is 13.0. The first-order chi connectivity index (χ1) is 15.8. The number of imidazole rings is 1. The van der Waals surface area contributed by atoms with Crippen LogP contribution in [0.15, 0.2) is 53.4 Å². The Morgan fingerprint density at radius 1 is 1.15 bits per heavy atom. The Balaban J connectivity index is 1.41. The van der Waals surface area contributed by atoms with Crippen LogP contribution in [0.4, 0.5) is 0 Å². The van der Waals surface area contributed by atoms with Gasteiger partial charge in [0.1, 0.15) is 5.82 Å². The van der Waals surface area contributed by atoms with Gasteiger partial charge in [-0.1, -0.05) is 26.0 Å². The summed E-state index contributed by atoms with van der Waals surface area (Å²) < 4.78 is 27.3. The Labute approximate surface area is 193 Å². The predicted molar refractivity (Wildman–Crippen MR) is 124 cm³/mol. The molecule has 2 aromatic carbocycles. The second-order valence-corrected chi connectivity index (χ2v) is 10.6. The summed E-state index contributed by atoms with van der Waals surface area (Å²) in [6, 6.07) is 15.4. The SMILES string of the molecule is CC(C)C(NC(=O)C1CCN(S(=O)(=O)c2ccc(C#N)cc2)CC1)c1nc2ccccc2[nH]1. The van der Waals surface area contributed by atoms with Crippen LogP contribution >= 0.6 is 0 Å². The average Bonchev–Trinajstić information content (AvgIpc) is 3.26. The first kappa shape index (κ1) is 23.0. The lowest BCUT2D eigenvalue weighted by atomic mass is 9.95. The number of aromatic nitrogens is 2. The third-order valence-electron chi connectivity index (χ3n) is 6.11.